The summed E-state index contributed by atoms with van der Waals surface area (Å²) in [6.45, 7) is 4.50. The molecule has 0 saturated carbocycles. The van der Waals surface area contributed by atoms with Crippen LogP contribution in [0.15, 0.2) is 24.4 Å². The largest absolute Gasteiger partial charge is 0.339 e. The maximum atomic E-state index is 4.67. The van der Waals surface area contributed by atoms with Crippen molar-refractivity contribution in [3.05, 3.63) is 24.4 Å². The molecule has 1 N–H and O–H groups in total. The van der Waals surface area contributed by atoms with Crippen LogP contribution in [0.25, 0.3) is 5.65 Å². The molecule has 2 saturated heterocycles. The fraction of sp³-hybridized carbons (Fsp3) is 0.600. The molecule has 2 aliphatic heterocycles. The standard InChI is InChI=1S/C15H21N5/c1-2-10-20-13(5-1)17-14(18-20)19-9-4-7-15(12-19)6-3-8-16-11-15/h1-2,5,10,16H,3-4,6-9,11-12H2. The van der Waals surface area contributed by atoms with Crippen LogP contribution in [0.4, 0.5) is 5.95 Å². The van der Waals surface area contributed by atoms with Gasteiger partial charge in [-0.05, 0) is 44.4 Å². The molecule has 0 bridgehead atoms. The monoisotopic (exact) mass is 271 g/mol. The highest BCUT2D eigenvalue weighted by Gasteiger charge is 2.37. The average Bonchev–Trinajstić information content (AvgIpc) is 2.92. The van der Waals surface area contributed by atoms with Gasteiger partial charge in [-0.1, -0.05) is 6.07 Å². The third-order valence-corrected chi connectivity index (χ3v) is 4.74. The lowest BCUT2D eigenvalue weighted by molar-refractivity contribution is 0.172. The minimum atomic E-state index is 0.438. The molecular formula is C15H21N5. The molecule has 1 atom stereocenters. The van der Waals surface area contributed by atoms with Gasteiger partial charge in [0.15, 0.2) is 5.65 Å². The Morgan fingerprint density at radius 3 is 3.00 bits per heavy atom. The van der Waals surface area contributed by atoms with Crippen molar-refractivity contribution in [2.45, 2.75) is 25.7 Å². The van der Waals surface area contributed by atoms with Crippen LogP contribution in [0.2, 0.25) is 0 Å². The number of hydrogen-bond acceptors (Lipinski definition) is 4. The third kappa shape index (κ3) is 2.06. The van der Waals surface area contributed by atoms with Crippen molar-refractivity contribution < 1.29 is 0 Å². The second-order valence-corrected chi connectivity index (χ2v) is 6.22. The SMILES string of the molecule is c1ccn2nc(N3CCCC4(CCCNC4)C3)nc2c1. The predicted octanol–water partition coefficient (Wildman–Crippen LogP) is 1.70. The lowest BCUT2D eigenvalue weighted by Gasteiger charge is -2.45. The van der Waals surface area contributed by atoms with E-state index in [0.29, 0.717) is 5.41 Å². The summed E-state index contributed by atoms with van der Waals surface area (Å²) in [5, 5.41) is 8.20. The van der Waals surface area contributed by atoms with Crippen molar-refractivity contribution in [2.75, 3.05) is 31.1 Å². The molecule has 2 aromatic rings. The van der Waals surface area contributed by atoms with Gasteiger partial charge in [0.2, 0.25) is 5.95 Å². The first-order chi connectivity index (χ1) is 9.85. The molecule has 2 aromatic heterocycles. The Labute approximate surface area is 119 Å². The Balaban J connectivity index is 1.61. The van der Waals surface area contributed by atoms with Crippen LogP contribution in [-0.4, -0.2) is 40.8 Å². The number of aromatic nitrogens is 3. The Bertz CT molecular complexity index is 561. The molecule has 5 nitrogen and oxygen atoms in total. The summed E-state index contributed by atoms with van der Waals surface area (Å²) >= 11 is 0. The molecule has 106 valence electrons. The zero-order valence-electron chi connectivity index (χ0n) is 11.8. The minimum Gasteiger partial charge on any atom is -0.339 e. The molecule has 0 aromatic carbocycles. The summed E-state index contributed by atoms with van der Waals surface area (Å²) in [5.74, 6) is 0.890. The van der Waals surface area contributed by atoms with Gasteiger partial charge in [0.05, 0.1) is 0 Å². The van der Waals surface area contributed by atoms with E-state index in [-0.39, 0.29) is 0 Å². The maximum absolute atomic E-state index is 4.67. The van der Waals surface area contributed by atoms with Crippen LogP contribution in [0.1, 0.15) is 25.7 Å². The summed E-state index contributed by atoms with van der Waals surface area (Å²) < 4.78 is 1.87. The molecule has 0 radical (unpaired) electrons. The molecule has 2 aliphatic rings. The van der Waals surface area contributed by atoms with Gasteiger partial charge in [0.1, 0.15) is 0 Å². The van der Waals surface area contributed by atoms with E-state index < -0.39 is 0 Å². The second-order valence-electron chi connectivity index (χ2n) is 6.22. The summed E-state index contributed by atoms with van der Waals surface area (Å²) in [5.41, 5.74) is 1.37. The van der Waals surface area contributed by atoms with Crippen molar-refractivity contribution >= 4 is 11.6 Å². The van der Waals surface area contributed by atoms with Gasteiger partial charge in [-0.25, -0.2) is 4.52 Å². The fourth-order valence-corrected chi connectivity index (χ4v) is 3.71. The van der Waals surface area contributed by atoms with Crippen LogP contribution in [0, 0.1) is 5.41 Å². The number of nitrogens with one attached hydrogen (secondary N) is 1. The molecule has 4 heterocycles. The molecule has 2 fully saturated rings. The molecule has 20 heavy (non-hydrogen) atoms. The van der Waals surface area contributed by atoms with Crippen LogP contribution in [0.5, 0.6) is 0 Å². The highest BCUT2D eigenvalue weighted by molar-refractivity contribution is 5.44. The van der Waals surface area contributed by atoms with Crippen molar-refractivity contribution in [3.8, 4) is 0 Å². The highest BCUT2D eigenvalue weighted by Crippen LogP contribution is 2.36. The number of fused-ring (bicyclic) bond motifs is 1. The maximum Gasteiger partial charge on any atom is 0.245 e. The Morgan fingerprint density at radius 2 is 2.15 bits per heavy atom. The first-order valence-corrected chi connectivity index (χ1v) is 7.62. The molecule has 0 aliphatic carbocycles. The van der Waals surface area contributed by atoms with Gasteiger partial charge in [-0.2, -0.15) is 4.98 Å². The van der Waals surface area contributed by atoms with Gasteiger partial charge in [-0.15, -0.1) is 5.10 Å². The van der Waals surface area contributed by atoms with Crippen molar-refractivity contribution in [1.82, 2.24) is 19.9 Å². The lowest BCUT2D eigenvalue weighted by atomic mass is 9.74. The normalized spacial score (nSPS) is 27.3. The Kier molecular flexibility index (Phi) is 2.88. The first-order valence-electron chi connectivity index (χ1n) is 7.62. The van der Waals surface area contributed by atoms with E-state index in [1.54, 1.807) is 0 Å². The van der Waals surface area contributed by atoms with Crippen LogP contribution >= 0.6 is 0 Å². The van der Waals surface area contributed by atoms with E-state index >= 15 is 0 Å². The number of rotatable bonds is 1. The van der Waals surface area contributed by atoms with Crippen molar-refractivity contribution in [3.63, 3.8) is 0 Å². The van der Waals surface area contributed by atoms with Gasteiger partial charge in [0, 0.05) is 31.2 Å². The van der Waals surface area contributed by atoms with Gasteiger partial charge in [0.25, 0.3) is 0 Å². The van der Waals surface area contributed by atoms with E-state index in [1.807, 2.05) is 28.9 Å². The fourth-order valence-electron chi connectivity index (χ4n) is 3.71. The molecule has 5 heteroatoms. The first kappa shape index (κ1) is 12.1. The van der Waals surface area contributed by atoms with E-state index in [2.05, 4.69) is 20.3 Å². The van der Waals surface area contributed by atoms with Crippen LogP contribution in [-0.2, 0) is 0 Å². The summed E-state index contributed by atoms with van der Waals surface area (Å²) in [6.07, 6.45) is 7.19. The molecule has 4 rings (SSSR count). The summed E-state index contributed by atoms with van der Waals surface area (Å²) in [6, 6.07) is 6.02. The molecule has 1 unspecified atom stereocenters. The smallest absolute Gasteiger partial charge is 0.245 e. The number of pyridine rings is 1. The number of anilines is 1. The predicted molar refractivity (Wildman–Crippen MR) is 79.0 cm³/mol. The van der Waals surface area contributed by atoms with Gasteiger partial charge < -0.3 is 10.2 Å². The topological polar surface area (TPSA) is 45.5 Å². The quantitative estimate of drug-likeness (QED) is 0.857. The zero-order valence-corrected chi connectivity index (χ0v) is 11.8. The summed E-state index contributed by atoms with van der Waals surface area (Å²) in [4.78, 5) is 7.05. The Morgan fingerprint density at radius 1 is 1.20 bits per heavy atom. The summed E-state index contributed by atoms with van der Waals surface area (Å²) in [7, 11) is 0. The second kappa shape index (κ2) is 4.74. The average molecular weight is 271 g/mol. The highest BCUT2D eigenvalue weighted by atomic mass is 15.4. The molecular weight excluding hydrogens is 250 g/mol. The molecule has 0 amide bonds. The minimum absolute atomic E-state index is 0.438. The van der Waals surface area contributed by atoms with E-state index in [9.17, 15) is 0 Å². The van der Waals surface area contributed by atoms with E-state index in [0.717, 1.165) is 31.2 Å². The van der Waals surface area contributed by atoms with Crippen molar-refractivity contribution in [2.24, 2.45) is 5.41 Å². The van der Waals surface area contributed by atoms with Crippen LogP contribution in [0.3, 0.4) is 0 Å². The third-order valence-electron chi connectivity index (χ3n) is 4.74. The van der Waals surface area contributed by atoms with Crippen molar-refractivity contribution in [1.29, 1.82) is 0 Å². The van der Waals surface area contributed by atoms with Gasteiger partial charge >= 0.3 is 0 Å². The van der Waals surface area contributed by atoms with E-state index in [4.69, 9.17) is 0 Å². The van der Waals surface area contributed by atoms with E-state index in [1.165, 1.54) is 32.2 Å². The molecule has 1 spiro atoms. The zero-order chi connectivity index (χ0) is 13.4. The number of hydrogen-bond donors (Lipinski definition) is 1. The van der Waals surface area contributed by atoms with Gasteiger partial charge in [-0.3, -0.25) is 0 Å². The Hall–Kier alpha value is -1.62. The number of piperidine rings is 2. The lowest BCUT2D eigenvalue weighted by Crippen LogP contribution is -2.51. The number of nitrogens with zero attached hydrogens (tertiary/aromatic N) is 4. The van der Waals surface area contributed by atoms with Crippen LogP contribution < -0.4 is 10.2 Å².